The highest BCUT2D eigenvalue weighted by Crippen LogP contribution is 2.24. The molecule has 0 aliphatic carbocycles. The van der Waals surface area contributed by atoms with E-state index < -0.39 is 6.04 Å². The second-order valence-electron chi connectivity index (χ2n) is 5.80. The molecule has 1 aromatic carbocycles. The van der Waals surface area contributed by atoms with Gasteiger partial charge in [-0.3, -0.25) is 9.59 Å². The number of hydrogen-bond acceptors (Lipinski definition) is 2. The minimum absolute atomic E-state index is 0.0158. The summed E-state index contributed by atoms with van der Waals surface area (Å²) in [4.78, 5) is 26.5. The van der Waals surface area contributed by atoms with Crippen molar-refractivity contribution < 1.29 is 9.59 Å². The van der Waals surface area contributed by atoms with Crippen LogP contribution in [0.5, 0.6) is 0 Å². The van der Waals surface area contributed by atoms with Crippen LogP contribution in [0.25, 0.3) is 0 Å². The predicted octanol–water partition coefficient (Wildman–Crippen LogP) is 2.51. The van der Waals surface area contributed by atoms with Crippen LogP contribution in [0.4, 0.5) is 0 Å². The summed E-state index contributed by atoms with van der Waals surface area (Å²) in [5.74, 6) is 0.146. The van der Waals surface area contributed by atoms with Gasteiger partial charge in [0.15, 0.2) is 0 Å². The van der Waals surface area contributed by atoms with Gasteiger partial charge in [0, 0.05) is 13.0 Å². The third-order valence-corrected chi connectivity index (χ3v) is 4.41. The van der Waals surface area contributed by atoms with Crippen LogP contribution in [0.15, 0.2) is 30.3 Å². The molecular weight excluding hydrogens is 264 g/mol. The summed E-state index contributed by atoms with van der Waals surface area (Å²) in [5.41, 5.74) is 1.10. The number of carbonyl (C=O) groups is 2. The van der Waals surface area contributed by atoms with Crippen molar-refractivity contribution in [3.8, 4) is 0 Å². The van der Waals surface area contributed by atoms with Crippen LogP contribution < -0.4 is 5.32 Å². The number of nitrogens with one attached hydrogen (secondary N) is 1. The lowest BCUT2D eigenvalue weighted by atomic mass is 9.97. The molecule has 114 valence electrons. The first-order valence-electron chi connectivity index (χ1n) is 7.69. The van der Waals surface area contributed by atoms with Gasteiger partial charge in [-0.15, -0.1) is 0 Å². The minimum Gasteiger partial charge on any atom is -0.344 e. The molecule has 3 atom stereocenters. The fourth-order valence-corrected chi connectivity index (χ4v) is 2.74. The zero-order valence-corrected chi connectivity index (χ0v) is 13.0. The molecule has 1 N–H and O–H groups in total. The Balaban J connectivity index is 2.25. The highest BCUT2D eigenvalue weighted by atomic mass is 16.2. The van der Waals surface area contributed by atoms with E-state index in [1.807, 2.05) is 56.0 Å². The van der Waals surface area contributed by atoms with E-state index in [1.165, 1.54) is 0 Å². The molecule has 0 spiro atoms. The van der Waals surface area contributed by atoms with Crippen LogP contribution in [-0.2, 0) is 9.59 Å². The van der Waals surface area contributed by atoms with Gasteiger partial charge in [-0.2, -0.15) is 0 Å². The average Bonchev–Trinajstić information content (AvgIpc) is 2.66. The van der Waals surface area contributed by atoms with Crippen molar-refractivity contribution in [2.24, 2.45) is 5.92 Å². The van der Waals surface area contributed by atoms with Gasteiger partial charge in [-0.25, -0.2) is 0 Å². The van der Waals surface area contributed by atoms with Crippen molar-refractivity contribution >= 4 is 11.8 Å². The van der Waals surface area contributed by atoms with E-state index in [-0.39, 0.29) is 23.8 Å². The largest absolute Gasteiger partial charge is 0.344 e. The standard InChI is InChI=1S/C17H24N2O2/c1-4-12(2)16-17(21)19(11-10-15(20)18-16)13(3)14-8-6-5-7-9-14/h5-9,12-13,16H,4,10-11H2,1-3H3,(H,18,20). The lowest BCUT2D eigenvalue weighted by Crippen LogP contribution is -2.48. The first-order valence-corrected chi connectivity index (χ1v) is 7.69. The van der Waals surface area contributed by atoms with E-state index in [9.17, 15) is 9.59 Å². The number of benzene rings is 1. The van der Waals surface area contributed by atoms with Crippen molar-refractivity contribution in [2.45, 2.75) is 45.7 Å². The van der Waals surface area contributed by atoms with Crippen LogP contribution in [-0.4, -0.2) is 29.3 Å². The van der Waals surface area contributed by atoms with Gasteiger partial charge >= 0.3 is 0 Å². The van der Waals surface area contributed by atoms with Crippen molar-refractivity contribution in [1.82, 2.24) is 10.2 Å². The third kappa shape index (κ3) is 3.43. The molecule has 4 nitrogen and oxygen atoms in total. The van der Waals surface area contributed by atoms with E-state index in [0.717, 1.165) is 12.0 Å². The van der Waals surface area contributed by atoms with E-state index in [0.29, 0.717) is 13.0 Å². The molecule has 0 radical (unpaired) electrons. The van der Waals surface area contributed by atoms with Gasteiger partial charge in [0.25, 0.3) is 0 Å². The summed E-state index contributed by atoms with van der Waals surface area (Å²) >= 11 is 0. The average molecular weight is 288 g/mol. The molecule has 4 heteroatoms. The van der Waals surface area contributed by atoms with Gasteiger partial charge in [-0.05, 0) is 18.4 Å². The Kier molecular flexibility index (Phi) is 4.99. The van der Waals surface area contributed by atoms with Crippen molar-refractivity contribution in [1.29, 1.82) is 0 Å². The molecule has 2 amide bonds. The SMILES string of the molecule is CCC(C)C1NC(=O)CCN(C(C)c2ccccc2)C1=O. The van der Waals surface area contributed by atoms with E-state index in [2.05, 4.69) is 5.32 Å². The van der Waals surface area contributed by atoms with Gasteiger partial charge in [0.05, 0.1) is 6.04 Å². The zero-order valence-electron chi connectivity index (χ0n) is 13.0. The lowest BCUT2D eigenvalue weighted by Gasteiger charge is -2.32. The Morgan fingerprint density at radius 2 is 1.90 bits per heavy atom. The first-order chi connectivity index (χ1) is 10.0. The quantitative estimate of drug-likeness (QED) is 0.925. The molecular formula is C17H24N2O2. The zero-order chi connectivity index (χ0) is 15.4. The molecule has 0 saturated carbocycles. The topological polar surface area (TPSA) is 49.4 Å². The molecule has 2 rings (SSSR count). The van der Waals surface area contributed by atoms with E-state index in [4.69, 9.17) is 0 Å². The second kappa shape index (κ2) is 6.74. The van der Waals surface area contributed by atoms with Crippen LogP contribution in [0.3, 0.4) is 0 Å². The van der Waals surface area contributed by atoms with Crippen molar-refractivity contribution in [3.63, 3.8) is 0 Å². The van der Waals surface area contributed by atoms with Crippen molar-refractivity contribution in [2.75, 3.05) is 6.54 Å². The van der Waals surface area contributed by atoms with Crippen LogP contribution >= 0.6 is 0 Å². The highest BCUT2D eigenvalue weighted by Gasteiger charge is 2.35. The maximum atomic E-state index is 12.8. The molecule has 21 heavy (non-hydrogen) atoms. The van der Waals surface area contributed by atoms with Crippen LogP contribution in [0.1, 0.15) is 45.2 Å². The van der Waals surface area contributed by atoms with Crippen LogP contribution in [0.2, 0.25) is 0 Å². The summed E-state index contributed by atoms with van der Waals surface area (Å²) in [5, 5.41) is 2.89. The van der Waals surface area contributed by atoms with Gasteiger partial charge in [0.2, 0.25) is 11.8 Å². The number of carbonyl (C=O) groups excluding carboxylic acids is 2. The first kappa shape index (κ1) is 15.5. The molecule has 0 aromatic heterocycles. The third-order valence-electron chi connectivity index (χ3n) is 4.41. The number of nitrogens with zero attached hydrogens (tertiary/aromatic N) is 1. The Hall–Kier alpha value is -1.84. The smallest absolute Gasteiger partial charge is 0.245 e. The number of rotatable bonds is 4. The summed E-state index contributed by atoms with van der Waals surface area (Å²) < 4.78 is 0. The lowest BCUT2D eigenvalue weighted by molar-refractivity contribution is -0.136. The van der Waals surface area contributed by atoms with E-state index in [1.54, 1.807) is 0 Å². The van der Waals surface area contributed by atoms with E-state index >= 15 is 0 Å². The summed E-state index contributed by atoms with van der Waals surface area (Å²) in [7, 11) is 0. The number of amides is 2. The maximum Gasteiger partial charge on any atom is 0.245 e. The molecule has 1 fully saturated rings. The second-order valence-corrected chi connectivity index (χ2v) is 5.80. The summed E-state index contributed by atoms with van der Waals surface area (Å²) in [6, 6.07) is 9.54. The number of hydrogen-bond donors (Lipinski definition) is 1. The normalized spacial score (nSPS) is 22.4. The fourth-order valence-electron chi connectivity index (χ4n) is 2.74. The minimum atomic E-state index is -0.406. The van der Waals surface area contributed by atoms with Gasteiger partial charge in [-0.1, -0.05) is 50.6 Å². The highest BCUT2D eigenvalue weighted by molar-refractivity contribution is 5.90. The molecule has 1 aromatic rings. The monoisotopic (exact) mass is 288 g/mol. The molecule has 0 bridgehead atoms. The molecule has 1 saturated heterocycles. The summed E-state index contributed by atoms with van der Waals surface area (Å²) in [6.45, 7) is 6.56. The van der Waals surface area contributed by atoms with Crippen LogP contribution in [0, 0.1) is 5.92 Å². The Morgan fingerprint density at radius 3 is 2.52 bits per heavy atom. The van der Waals surface area contributed by atoms with Gasteiger partial charge in [0.1, 0.15) is 6.04 Å². The molecule has 1 heterocycles. The fraction of sp³-hybridized carbons (Fsp3) is 0.529. The Labute approximate surface area is 126 Å². The maximum absolute atomic E-state index is 12.8. The predicted molar refractivity (Wildman–Crippen MR) is 82.6 cm³/mol. The molecule has 1 aliphatic heterocycles. The Bertz CT molecular complexity index is 501. The summed E-state index contributed by atoms with van der Waals surface area (Å²) in [6.07, 6.45) is 1.24. The van der Waals surface area contributed by atoms with Crippen molar-refractivity contribution in [3.05, 3.63) is 35.9 Å². The van der Waals surface area contributed by atoms with Gasteiger partial charge < -0.3 is 10.2 Å². The Morgan fingerprint density at radius 1 is 1.24 bits per heavy atom. The molecule has 3 unspecified atom stereocenters. The molecule has 1 aliphatic rings.